The lowest BCUT2D eigenvalue weighted by atomic mass is 10.1. The Labute approximate surface area is 492 Å². The van der Waals surface area contributed by atoms with Gasteiger partial charge in [0.15, 0.2) is 0 Å². The molecule has 0 aliphatic rings. The van der Waals surface area contributed by atoms with Crippen LogP contribution < -0.4 is 18.9 Å². The van der Waals surface area contributed by atoms with E-state index in [1.807, 2.05) is 85.2 Å². The van der Waals surface area contributed by atoms with E-state index in [9.17, 15) is 19.2 Å². The number of hydrogen-bond acceptors (Lipinski definition) is 12. The molecule has 450 valence electrons. The molecule has 0 aliphatic carbocycles. The molecule has 0 atom stereocenters. The molecule has 0 bridgehead atoms. The van der Waals surface area contributed by atoms with Crippen LogP contribution in [-0.4, -0.2) is 140 Å². The van der Waals surface area contributed by atoms with Crippen molar-refractivity contribution < 1.29 is 38.1 Å². The van der Waals surface area contributed by atoms with Crippen LogP contribution in [0.1, 0.15) is 126 Å². The van der Waals surface area contributed by atoms with Crippen molar-refractivity contribution in [3.63, 3.8) is 0 Å². The fourth-order valence-corrected chi connectivity index (χ4v) is 10.2. The zero-order chi connectivity index (χ0) is 60.9. The summed E-state index contributed by atoms with van der Waals surface area (Å²) in [4.78, 5) is 67.0. The third-order valence-electron chi connectivity index (χ3n) is 15.0. The highest BCUT2D eigenvalue weighted by Gasteiger charge is 2.16. The molecule has 0 amide bonds. The summed E-state index contributed by atoms with van der Waals surface area (Å²) < 4.78 is 20.7. The predicted octanol–water partition coefficient (Wildman–Crippen LogP) is 13.1. The van der Waals surface area contributed by atoms with Gasteiger partial charge in [0, 0.05) is 146 Å². The molecule has 8 aromatic rings. The van der Waals surface area contributed by atoms with E-state index in [4.69, 9.17) is 18.9 Å². The first kappa shape index (κ1) is 66.6. The van der Waals surface area contributed by atoms with E-state index in [2.05, 4.69) is 135 Å². The number of rotatable bonds is 23. The van der Waals surface area contributed by atoms with Gasteiger partial charge in [-0.15, -0.1) is 0 Å². The van der Waals surface area contributed by atoms with E-state index < -0.39 is 0 Å². The van der Waals surface area contributed by atoms with Crippen LogP contribution in [0.15, 0.2) is 97.6 Å². The maximum absolute atomic E-state index is 11.1. The molecule has 8 rings (SSSR count). The minimum absolute atomic E-state index is 0.287. The number of nitrogens with one attached hydrogen (secondary N) is 4. The lowest BCUT2D eigenvalue weighted by Gasteiger charge is -2.30. The van der Waals surface area contributed by atoms with Gasteiger partial charge >= 0.3 is 23.9 Å². The van der Waals surface area contributed by atoms with Gasteiger partial charge in [0.1, 0.15) is 23.0 Å². The van der Waals surface area contributed by atoms with Crippen molar-refractivity contribution in [2.24, 2.45) is 0 Å². The summed E-state index contributed by atoms with van der Waals surface area (Å²) in [6.45, 7) is 37.2. The van der Waals surface area contributed by atoms with Gasteiger partial charge in [-0.3, -0.25) is 24.1 Å². The van der Waals surface area contributed by atoms with Crippen molar-refractivity contribution in [2.45, 2.75) is 154 Å². The summed E-state index contributed by atoms with van der Waals surface area (Å²) in [5.41, 5.74) is 9.34. The van der Waals surface area contributed by atoms with Crippen LogP contribution >= 0.6 is 0 Å². The van der Waals surface area contributed by atoms with Crippen LogP contribution in [0.3, 0.4) is 0 Å². The molecule has 16 nitrogen and oxygen atoms in total. The van der Waals surface area contributed by atoms with Crippen LogP contribution in [0.5, 0.6) is 23.0 Å². The Bertz CT molecular complexity index is 3220. The number of likely N-dealkylation sites (N-methyl/N-ethyl adjacent to an activating group) is 3. The summed E-state index contributed by atoms with van der Waals surface area (Å²) in [6.07, 6.45) is 12.1. The molecule has 0 unspecified atom stereocenters. The maximum Gasteiger partial charge on any atom is 0.308 e. The predicted molar refractivity (Wildman–Crippen MR) is 338 cm³/mol. The molecule has 4 N–H and O–H groups in total. The van der Waals surface area contributed by atoms with Gasteiger partial charge < -0.3 is 53.6 Å². The van der Waals surface area contributed by atoms with Gasteiger partial charge in [-0.1, -0.05) is 20.8 Å². The number of aromatic nitrogens is 4. The third-order valence-corrected chi connectivity index (χ3v) is 15.0. The lowest BCUT2D eigenvalue weighted by molar-refractivity contribution is -0.132. The van der Waals surface area contributed by atoms with E-state index in [1.165, 1.54) is 49.9 Å². The Morgan fingerprint density at radius 1 is 0.398 bits per heavy atom. The molecule has 0 saturated carbocycles. The highest BCUT2D eigenvalue weighted by molar-refractivity contribution is 5.88. The number of fused-ring (bicyclic) bond motifs is 4. The van der Waals surface area contributed by atoms with Crippen molar-refractivity contribution in [1.29, 1.82) is 0 Å². The Balaban J connectivity index is 0.000000203. The van der Waals surface area contributed by atoms with Gasteiger partial charge in [-0.25, -0.2) is 0 Å². The second-order valence-corrected chi connectivity index (χ2v) is 22.2. The SMILES string of the molecule is CC(=O)Oc1ccc2[nH]cc(CCN(C(C)C)C(C)C)c2c1.CC(=O)Oc1ccc2[nH]cc(CCN(C)C(C)C)c2c1.CCN(CC)CCc1c[nH]c2ccc(OC(C)=O)cc12.CCN(CCc1c[nH]c2ccc(OC(C)=O)cc12)C(C)C. The second-order valence-electron chi connectivity index (χ2n) is 22.2. The first-order valence-electron chi connectivity index (χ1n) is 29.6. The minimum Gasteiger partial charge on any atom is -0.427 e. The van der Waals surface area contributed by atoms with E-state index in [0.717, 1.165) is 115 Å². The van der Waals surface area contributed by atoms with Gasteiger partial charge in [0.2, 0.25) is 0 Å². The molecule has 0 fully saturated rings. The highest BCUT2D eigenvalue weighted by Crippen LogP contribution is 2.28. The minimum atomic E-state index is -0.291. The fraction of sp³-hybridized carbons (Fsp3) is 0.463. The number of benzene rings is 4. The summed E-state index contributed by atoms with van der Waals surface area (Å²) in [6, 6.07) is 25.0. The largest absolute Gasteiger partial charge is 0.427 e. The smallest absolute Gasteiger partial charge is 0.308 e. The average molecular weight is 1140 g/mol. The molecule has 4 heterocycles. The average Bonchev–Trinajstić information content (AvgIpc) is 4.26. The Hall–Kier alpha value is -7.24. The highest BCUT2D eigenvalue weighted by atomic mass is 16.5. The summed E-state index contributed by atoms with van der Waals surface area (Å²) in [7, 11) is 2.13. The van der Waals surface area contributed by atoms with Crippen molar-refractivity contribution in [3.8, 4) is 23.0 Å². The molecular weight excluding hydrogens is 1040 g/mol. The van der Waals surface area contributed by atoms with Crippen molar-refractivity contribution in [1.82, 2.24) is 39.5 Å². The van der Waals surface area contributed by atoms with E-state index in [1.54, 1.807) is 0 Å². The van der Waals surface area contributed by atoms with Crippen LogP contribution in [0, 0.1) is 0 Å². The standard InChI is InChI=1S/C18H26N2O2.C17H24N2O2.2C16H22N2O2/c1-12(2)20(13(3)4)9-8-15-11-19-18-7-6-16(10-17(15)18)22-14(5)21;1-5-19(12(2)3)9-8-14-11-18-17-7-6-15(10-16(14)17)21-13(4)20;1-11(2)18(4)8-7-13-10-17-16-6-5-14(9-15(13)16)20-12(3)19;1-4-18(5-2)9-8-13-11-17-16-7-6-14(10-15(13)16)20-12(3)19/h6-7,10-13,19H,8-9H2,1-5H3;6-7,10-12,18H,5,8-9H2,1-4H3;5-6,9-11,17H,7-8H2,1-4H3;6-7,10-11,17H,4-5,8-9H2,1-3H3. The van der Waals surface area contributed by atoms with Gasteiger partial charge in [-0.2, -0.15) is 0 Å². The molecule has 0 aliphatic heterocycles. The van der Waals surface area contributed by atoms with Crippen molar-refractivity contribution in [3.05, 3.63) is 120 Å². The molecule has 16 heteroatoms. The zero-order valence-electron chi connectivity index (χ0n) is 52.4. The molecule has 0 radical (unpaired) electrons. The molecule has 0 saturated heterocycles. The first-order chi connectivity index (χ1) is 39.5. The number of esters is 4. The molecule has 4 aromatic heterocycles. The van der Waals surface area contributed by atoms with Gasteiger partial charge in [-0.05, 0) is 203 Å². The number of carbonyl (C=O) groups excluding carboxylic acids is 4. The van der Waals surface area contributed by atoms with E-state index >= 15 is 0 Å². The maximum atomic E-state index is 11.1. The molecule has 4 aromatic carbocycles. The van der Waals surface area contributed by atoms with E-state index in [-0.39, 0.29) is 23.9 Å². The monoisotopic (exact) mass is 1140 g/mol. The lowest BCUT2D eigenvalue weighted by Crippen LogP contribution is -2.38. The Morgan fingerprint density at radius 3 is 0.964 bits per heavy atom. The summed E-state index contributed by atoms with van der Waals surface area (Å²) >= 11 is 0. The van der Waals surface area contributed by atoms with Gasteiger partial charge in [0.25, 0.3) is 0 Å². The number of aromatic amines is 4. The third kappa shape index (κ3) is 20.6. The van der Waals surface area contributed by atoms with Crippen LogP contribution in [-0.2, 0) is 44.9 Å². The molecule has 83 heavy (non-hydrogen) atoms. The van der Waals surface area contributed by atoms with E-state index in [0.29, 0.717) is 47.2 Å². The second kappa shape index (κ2) is 32.6. The number of hydrogen-bond donors (Lipinski definition) is 4. The van der Waals surface area contributed by atoms with Crippen molar-refractivity contribution >= 4 is 67.5 Å². The van der Waals surface area contributed by atoms with Crippen LogP contribution in [0.25, 0.3) is 43.6 Å². The number of H-pyrrole nitrogens is 4. The Kier molecular flexibility index (Phi) is 26.1. The normalized spacial score (nSPS) is 11.5. The first-order valence-corrected chi connectivity index (χ1v) is 29.6. The van der Waals surface area contributed by atoms with Gasteiger partial charge in [0.05, 0.1) is 0 Å². The molecular formula is C67H94N8O8. The number of ether oxygens (including phenoxy) is 4. The fourth-order valence-electron chi connectivity index (χ4n) is 10.2. The molecule has 0 spiro atoms. The Morgan fingerprint density at radius 2 is 0.699 bits per heavy atom. The van der Waals surface area contributed by atoms with Crippen molar-refractivity contribution in [2.75, 3.05) is 52.9 Å². The quantitative estimate of drug-likeness (QED) is 0.0352. The number of carbonyl (C=O) groups is 4. The number of nitrogens with zero attached hydrogens (tertiary/aromatic N) is 4. The summed E-state index contributed by atoms with van der Waals surface area (Å²) in [5, 5.41) is 4.52. The zero-order valence-corrected chi connectivity index (χ0v) is 52.4. The van der Waals surface area contributed by atoms with Crippen LogP contribution in [0.4, 0.5) is 0 Å². The topological polar surface area (TPSA) is 181 Å². The van der Waals surface area contributed by atoms with Crippen LogP contribution in [0.2, 0.25) is 0 Å². The summed E-state index contributed by atoms with van der Waals surface area (Å²) in [5.74, 6) is 1.26.